The third-order valence-electron chi connectivity index (χ3n) is 6.26. The van der Waals surface area contributed by atoms with Gasteiger partial charge in [-0.25, -0.2) is 9.78 Å². The Morgan fingerprint density at radius 3 is 2.56 bits per heavy atom. The summed E-state index contributed by atoms with van der Waals surface area (Å²) in [6, 6.07) is 5.20. The van der Waals surface area contributed by atoms with Gasteiger partial charge in [-0.05, 0) is 44.4 Å². The third-order valence-corrected chi connectivity index (χ3v) is 6.26. The Kier molecular flexibility index (Phi) is 7.46. The first-order valence-corrected chi connectivity index (χ1v) is 11.7. The molecular formula is C24H31N5O5. The number of nitrogens with zero attached hydrogens (tertiary/aromatic N) is 3. The molecule has 34 heavy (non-hydrogen) atoms. The van der Waals surface area contributed by atoms with Crippen molar-refractivity contribution < 1.29 is 19.1 Å². The van der Waals surface area contributed by atoms with Crippen LogP contribution in [0.25, 0.3) is 0 Å². The van der Waals surface area contributed by atoms with Crippen molar-refractivity contribution in [3.8, 4) is 0 Å². The van der Waals surface area contributed by atoms with E-state index in [0.717, 1.165) is 31.6 Å². The first-order valence-electron chi connectivity index (χ1n) is 11.7. The molecule has 0 radical (unpaired) electrons. The molecule has 3 heterocycles. The van der Waals surface area contributed by atoms with Crippen molar-refractivity contribution in [2.45, 2.75) is 32.6 Å². The lowest BCUT2D eigenvalue weighted by molar-refractivity contribution is -0.116. The molecule has 2 aliphatic rings. The zero-order chi connectivity index (χ0) is 24.1. The van der Waals surface area contributed by atoms with E-state index in [-0.39, 0.29) is 24.3 Å². The number of aromatic amines is 1. The van der Waals surface area contributed by atoms with E-state index in [1.165, 1.54) is 7.11 Å². The minimum atomic E-state index is -0.461. The molecule has 2 N–H and O–H groups in total. The molecule has 0 saturated carbocycles. The number of ether oxygens (including phenoxy) is 2. The van der Waals surface area contributed by atoms with E-state index < -0.39 is 5.97 Å². The largest absolute Gasteiger partial charge is 0.465 e. The summed E-state index contributed by atoms with van der Waals surface area (Å²) in [7, 11) is 1.33. The zero-order valence-electron chi connectivity index (χ0n) is 19.7. The summed E-state index contributed by atoms with van der Waals surface area (Å²) in [6.45, 7) is 6.13. The summed E-state index contributed by atoms with van der Waals surface area (Å²) in [5, 5.41) is 2.94. The summed E-state index contributed by atoms with van der Waals surface area (Å²) < 4.78 is 10.2. The van der Waals surface area contributed by atoms with Crippen molar-refractivity contribution in [3.05, 3.63) is 45.4 Å². The zero-order valence-corrected chi connectivity index (χ0v) is 19.7. The summed E-state index contributed by atoms with van der Waals surface area (Å²) in [4.78, 5) is 49.1. The number of methoxy groups -OCH3 is 1. The fourth-order valence-corrected chi connectivity index (χ4v) is 4.38. The van der Waals surface area contributed by atoms with Gasteiger partial charge in [-0.15, -0.1) is 0 Å². The summed E-state index contributed by atoms with van der Waals surface area (Å²) in [6.07, 6.45) is 2.55. The van der Waals surface area contributed by atoms with Crippen LogP contribution in [0.1, 0.15) is 40.9 Å². The molecule has 1 amide bonds. The minimum Gasteiger partial charge on any atom is -0.465 e. The average Bonchev–Trinajstić information content (AvgIpc) is 3.38. The molecule has 1 aromatic carbocycles. The monoisotopic (exact) mass is 469 g/mol. The first-order chi connectivity index (χ1) is 16.5. The maximum absolute atomic E-state index is 12.8. The lowest BCUT2D eigenvalue weighted by Crippen LogP contribution is -2.38. The predicted molar refractivity (Wildman–Crippen MR) is 129 cm³/mol. The number of carbonyl (C=O) groups is 2. The minimum absolute atomic E-state index is 0.115. The highest BCUT2D eigenvalue weighted by molar-refractivity contribution is 5.98. The molecule has 4 rings (SSSR count). The van der Waals surface area contributed by atoms with Crippen molar-refractivity contribution in [2.75, 3.05) is 61.6 Å². The number of benzene rings is 1. The number of hydrogen-bond acceptors (Lipinski definition) is 8. The number of carbonyl (C=O) groups excluding carboxylic acids is 2. The van der Waals surface area contributed by atoms with E-state index in [1.807, 2.05) is 11.0 Å². The van der Waals surface area contributed by atoms with Crippen molar-refractivity contribution >= 4 is 29.2 Å². The van der Waals surface area contributed by atoms with Gasteiger partial charge in [0.2, 0.25) is 11.9 Å². The Bertz CT molecular complexity index is 1100. The highest BCUT2D eigenvalue weighted by atomic mass is 16.5. The van der Waals surface area contributed by atoms with Crippen molar-refractivity contribution in [2.24, 2.45) is 0 Å². The van der Waals surface area contributed by atoms with E-state index in [9.17, 15) is 14.4 Å². The number of nitrogens with one attached hydrogen (secondary N) is 2. The number of aryl methyl sites for hydroxylation is 1. The van der Waals surface area contributed by atoms with Crippen LogP contribution < -0.4 is 20.7 Å². The van der Waals surface area contributed by atoms with E-state index in [0.29, 0.717) is 54.8 Å². The molecule has 0 spiro atoms. The van der Waals surface area contributed by atoms with Gasteiger partial charge in [0.15, 0.2) is 0 Å². The van der Waals surface area contributed by atoms with Crippen LogP contribution in [0.2, 0.25) is 0 Å². The molecule has 2 fully saturated rings. The molecule has 10 heteroatoms. The van der Waals surface area contributed by atoms with Crippen LogP contribution in [0.15, 0.2) is 23.0 Å². The number of esters is 1. The van der Waals surface area contributed by atoms with Crippen molar-refractivity contribution in [1.82, 2.24) is 9.97 Å². The number of H-pyrrole nitrogens is 1. The Balaban J connectivity index is 1.46. The van der Waals surface area contributed by atoms with Crippen LogP contribution >= 0.6 is 0 Å². The van der Waals surface area contributed by atoms with Crippen molar-refractivity contribution in [1.29, 1.82) is 0 Å². The van der Waals surface area contributed by atoms with E-state index in [4.69, 9.17) is 9.47 Å². The number of amides is 1. The highest BCUT2D eigenvalue weighted by Crippen LogP contribution is 2.30. The SMILES string of the molecule is COC(=O)c1ccc(N2CCCC2)c(NC(=O)CCc2c(C)nc(N3CCOCC3)[nH]c2=O)c1. The molecule has 0 aliphatic carbocycles. The normalized spacial score (nSPS) is 15.9. The predicted octanol–water partition coefficient (Wildman–Crippen LogP) is 1.87. The van der Waals surface area contributed by atoms with E-state index in [1.54, 1.807) is 19.1 Å². The molecule has 2 saturated heterocycles. The summed E-state index contributed by atoms with van der Waals surface area (Å²) in [5.41, 5.74) is 2.70. The van der Waals surface area contributed by atoms with Gasteiger partial charge in [0.1, 0.15) is 0 Å². The molecule has 0 atom stereocenters. The van der Waals surface area contributed by atoms with Crippen LogP contribution in [0.5, 0.6) is 0 Å². The summed E-state index contributed by atoms with van der Waals surface area (Å²) >= 11 is 0. The molecule has 1 aromatic heterocycles. The van der Waals surface area contributed by atoms with Gasteiger partial charge < -0.3 is 24.6 Å². The second-order valence-corrected chi connectivity index (χ2v) is 8.52. The Morgan fingerprint density at radius 1 is 1.15 bits per heavy atom. The second-order valence-electron chi connectivity index (χ2n) is 8.52. The maximum Gasteiger partial charge on any atom is 0.337 e. The fourth-order valence-electron chi connectivity index (χ4n) is 4.38. The van der Waals surface area contributed by atoms with E-state index in [2.05, 4.69) is 20.2 Å². The molecule has 2 aromatic rings. The number of morpholine rings is 1. The van der Waals surface area contributed by atoms with Gasteiger partial charge in [0.05, 0.1) is 37.3 Å². The number of anilines is 3. The molecular weight excluding hydrogens is 438 g/mol. The smallest absolute Gasteiger partial charge is 0.337 e. The lowest BCUT2D eigenvalue weighted by Gasteiger charge is -2.27. The standard InChI is InChI=1S/C24H31N5O5/c1-16-18(22(31)27-24(25-16)29-11-13-34-14-12-29)6-8-21(30)26-19-15-17(23(32)33-2)5-7-20(19)28-9-3-4-10-28/h5,7,15H,3-4,6,8-14H2,1-2H3,(H,26,30)(H,25,27,31). The Labute approximate surface area is 198 Å². The molecule has 2 aliphatic heterocycles. The topological polar surface area (TPSA) is 117 Å². The van der Waals surface area contributed by atoms with E-state index >= 15 is 0 Å². The van der Waals surface area contributed by atoms with Crippen LogP contribution in [0, 0.1) is 6.92 Å². The quantitative estimate of drug-likeness (QED) is 0.591. The van der Waals surface area contributed by atoms with Crippen LogP contribution in [-0.4, -0.2) is 68.3 Å². The fraction of sp³-hybridized carbons (Fsp3) is 0.500. The second kappa shape index (κ2) is 10.7. The van der Waals surface area contributed by atoms with Crippen molar-refractivity contribution in [3.63, 3.8) is 0 Å². The molecule has 10 nitrogen and oxygen atoms in total. The maximum atomic E-state index is 12.8. The summed E-state index contributed by atoms with van der Waals surface area (Å²) in [5.74, 6) is -0.163. The van der Waals surface area contributed by atoms with Crippen LogP contribution in [-0.2, 0) is 20.7 Å². The average molecular weight is 470 g/mol. The lowest BCUT2D eigenvalue weighted by atomic mass is 10.1. The van der Waals surface area contributed by atoms with Gasteiger partial charge >= 0.3 is 5.97 Å². The van der Waals surface area contributed by atoms with Gasteiger partial charge in [0.25, 0.3) is 5.56 Å². The third kappa shape index (κ3) is 5.39. The molecule has 182 valence electrons. The molecule has 0 bridgehead atoms. The first kappa shape index (κ1) is 23.7. The molecule has 0 unspecified atom stereocenters. The number of aromatic nitrogens is 2. The van der Waals surface area contributed by atoms with Crippen LogP contribution in [0.3, 0.4) is 0 Å². The Hall–Kier alpha value is -3.40. The van der Waals surface area contributed by atoms with Gasteiger partial charge in [-0.1, -0.05) is 0 Å². The van der Waals surface area contributed by atoms with Gasteiger partial charge in [0, 0.05) is 43.9 Å². The van der Waals surface area contributed by atoms with Gasteiger partial charge in [-0.2, -0.15) is 0 Å². The highest BCUT2D eigenvalue weighted by Gasteiger charge is 2.20. The van der Waals surface area contributed by atoms with Gasteiger partial charge in [-0.3, -0.25) is 14.6 Å². The van der Waals surface area contributed by atoms with Crippen LogP contribution in [0.4, 0.5) is 17.3 Å². The number of hydrogen-bond donors (Lipinski definition) is 2. The Morgan fingerprint density at radius 2 is 1.88 bits per heavy atom. The number of rotatable bonds is 7.